The second-order valence-electron chi connectivity index (χ2n) is 6.36. The third-order valence-electron chi connectivity index (χ3n) is 3.11. The Morgan fingerprint density at radius 1 is 1.58 bits per heavy atom. The van der Waals surface area contributed by atoms with Crippen molar-refractivity contribution in [3.8, 4) is 0 Å². The molecule has 0 spiro atoms. The number of hydrogen-bond donors (Lipinski definition) is 1. The number of carbonyl (C=O) groups excluding carboxylic acids is 1. The van der Waals surface area contributed by atoms with Crippen LogP contribution < -0.4 is 5.32 Å². The third kappa shape index (κ3) is 6.10. The molecule has 0 aromatic carbocycles. The maximum Gasteiger partial charge on any atom is 0.410 e. The van der Waals surface area contributed by atoms with Crippen molar-refractivity contribution in [1.82, 2.24) is 10.2 Å². The van der Waals surface area contributed by atoms with Gasteiger partial charge in [-0.3, -0.25) is 0 Å². The molecular weight excluding hydrogens is 240 g/mol. The lowest BCUT2D eigenvalue weighted by atomic mass is 10.0. The van der Waals surface area contributed by atoms with Gasteiger partial charge in [-0.15, -0.1) is 6.58 Å². The molecule has 1 aliphatic heterocycles. The number of hydrogen-bond acceptors (Lipinski definition) is 3. The number of nitrogens with zero attached hydrogens (tertiary/aromatic N) is 1. The molecule has 1 heterocycles. The first kappa shape index (κ1) is 16.0. The molecule has 0 radical (unpaired) electrons. The van der Waals surface area contributed by atoms with Gasteiger partial charge in [0.05, 0.1) is 0 Å². The summed E-state index contributed by atoms with van der Waals surface area (Å²) in [5, 5.41) is 3.55. The fraction of sp³-hybridized carbons (Fsp3) is 0.800. The summed E-state index contributed by atoms with van der Waals surface area (Å²) in [5.74, 6) is 0. The molecule has 1 rings (SSSR count). The summed E-state index contributed by atoms with van der Waals surface area (Å²) in [7, 11) is 0. The minimum atomic E-state index is -0.423. The molecule has 1 amide bonds. The summed E-state index contributed by atoms with van der Waals surface area (Å²) in [6.07, 6.45) is 4.81. The van der Waals surface area contributed by atoms with Crippen LogP contribution in [-0.4, -0.2) is 41.8 Å². The normalized spacial score (nSPS) is 21.9. The average molecular weight is 268 g/mol. The van der Waals surface area contributed by atoms with Crippen molar-refractivity contribution in [2.45, 2.75) is 64.6 Å². The molecule has 1 fully saturated rings. The molecular formula is C15H28N2O2. The minimum absolute atomic E-state index is 0.199. The quantitative estimate of drug-likeness (QED) is 0.797. The Balaban J connectivity index is 2.45. The van der Waals surface area contributed by atoms with Crippen molar-refractivity contribution < 1.29 is 9.53 Å². The number of piperidine rings is 1. The van der Waals surface area contributed by atoms with Crippen molar-refractivity contribution in [3.63, 3.8) is 0 Å². The van der Waals surface area contributed by atoms with Crippen LogP contribution in [0.15, 0.2) is 12.7 Å². The molecule has 0 saturated carbocycles. The first-order valence-corrected chi connectivity index (χ1v) is 7.16. The van der Waals surface area contributed by atoms with Crippen molar-refractivity contribution in [3.05, 3.63) is 12.7 Å². The van der Waals surface area contributed by atoms with Gasteiger partial charge < -0.3 is 15.0 Å². The second kappa shape index (κ2) is 6.94. The first-order chi connectivity index (χ1) is 8.81. The first-order valence-electron chi connectivity index (χ1n) is 7.16. The Morgan fingerprint density at radius 2 is 2.26 bits per heavy atom. The van der Waals surface area contributed by atoms with Crippen molar-refractivity contribution in [1.29, 1.82) is 0 Å². The van der Waals surface area contributed by atoms with E-state index in [-0.39, 0.29) is 6.09 Å². The Kier molecular flexibility index (Phi) is 5.85. The lowest BCUT2D eigenvalue weighted by molar-refractivity contribution is 0.0184. The monoisotopic (exact) mass is 268 g/mol. The summed E-state index contributed by atoms with van der Waals surface area (Å²) < 4.78 is 5.42. The number of amides is 1. The molecule has 110 valence electrons. The Hall–Kier alpha value is -1.03. The molecule has 19 heavy (non-hydrogen) atoms. The van der Waals surface area contributed by atoms with E-state index in [4.69, 9.17) is 4.74 Å². The number of nitrogens with one attached hydrogen (secondary N) is 1. The van der Waals surface area contributed by atoms with Crippen molar-refractivity contribution >= 4 is 6.09 Å². The highest BCUT2D eigenvalue weighted by molar-refractivity contribution is 5.68. The summed E-state index contributed by atoms with van der Waals surface area (Å²) in [5.41, 5.74) is -0.423. The Labute approximate surface area is 117 Å². The van der Waals surface area contributed by atoms with E-state index in [9.17, 15) is 4.79 Å². The van der Waals surface area contributed by atoms with Crippen LogP contribution in [0.1, 0.15) is 47.0 Å². The van der Waals surface area contributed by atoms with Gasteiger partial charge in [-0.25, -0.2) is 4.79 Å². The van der Waals surface area contributed by atoms with Crippen LogP contribution in [-0.2, 0) is 4.74 Å². The molecule has 1 N–H and O–H groups in total. The van der Waals surface area contributed by atoms with Crippen molar-refractivity contribution in [2.24, 2.45) is 0 Å². The number of rotatable bonds is 4. The van der Waals surface area contributed by atoms with Gasteiger partial charge in [0.25, 0.3) is 0 Å². The van der Waals surface area contributed by atoms with E-state index in [0.717, 1.165) is 32.4 Å². The van der Waals surface area contributed by atoms with E-state index in [0.29, 0.717) is 12.1 Å². The SMILES string of the molecule is C=CCC(C)NC1CCCN(C(=O)OC(C)(C)C)C1. The molecule has 4 nitrogen and oxygen atoms in total. The fourth-order valence-electron chi connectivity index (χ4n) is 2.33. The maximum absolute atomic E-state index is 12.0. The maximum atomic E-state index is 12.0. The standard InChI is InChI=1S/C15H28N2O2/c1-6-8-12(2)16-13-9-7-10-17(11-13)14(18)19-15(3,4)5/h6,12-13,16H,1,7-11H2,2-5H3. The number of carbonyl (C=O) groups is 1. The van der Waals surface area contributed by atoms with Gasteiger partial charge >= 0.3 is 6.09 Å². The molecule has 4 heteroatoms. The third-order valence-corrected chi connectivity index (χ3v) is 3.11. The minimum Gasteiger partial charge on any atom is -0.444 e. The lowest BCUT2D eigenvalue weighted by Crippen LogP contribution is -2.51. The Bertz CT molecular complexity index is 310. The topological polar surface area (TPSA) is 41.6 Å². The van der Waals surface area contributed by atoms with E-state index in [1.54, 1.807) is 0 Å². The number of likely N-dealkylation sites (tertiary alicyclic amines) is 1. The van der Waals surface area contributed by atoms with Crippen LogP contribution in [0.5, 0.6) is 0 Å². The van der Waals surface area contributed by atoms with Crippen LogP contribution in [0.4, 0.5) is 4.79 Å². The molecule has 2 atom stereocenters. The van der Waals surface area contributed by atoms with Crippen LogP contribution in [0.25, 0.3) is 0 Å². The van der Waals surface area contributed by atoms with Crippen molar-refractivity contribution in [2.75, 3.05) is 13.1 Å². The predicted molar refractivity (Wildman–Crippen MR) is 78.2 cm³/mol. The van der Waals surface area contributed by atoms with Gasteiger partial charge in [0.15, 0.2) is 0 Å². The second-order valence-corrected chi connectivity index (χ2v) is 6.36. The molecule has 0 bridgehead atoms. The molecule has 0 aromatic rings. The van der Waals surface area contributed by atoms with E-state index in [2.05, 4.69) is 18.8 Å². The predicted octanol–water partition coefficient (Wildman–Crippen LogP) is 2.94. The highest BCUT2D eigenvalue weighted by atomic mass is 16.6. The van der Waals surface area contributed by atoms with Gasteiger partial charge in [0.1, 0.15) is 5.60 Å². The molecule has 0 aliphatic carbocycles. The number of ether oxygens (including phenoxy) is 1. The van der Waals surface area contributed by atoms with Gasteiger partial charge in [-0.1, -0.05) is 6.08 Å². The van der Waals surface area contributed by atoms with E-state index in [1.165, 1.54) is 0 Å². The summed E-state index contributed by atoms with van der Waals surface area (Å²) in [6, 6.07) is 0.761. The van der Waals surface area contributed by atoms with Gasteiger partial charge in [0, 0.05) is 25.2 Å². The summed E-state index contributed by atoms with van der Waals surface area (Å²) in [6.45, 7) is 13.1. The van der Waals surface area contributed by atoms with Crippen LogP contribution in [0.2, 0.25) is 0 Å². The Morgan fingerprint density at radius 3 is 2.84 bits per heavy atom. The van der Waals surface area contributed by atoms with E-state index in [1.807, 2.05) is 31.7 Å². The van der Waals surface area contributed by atoms with E-state index < -0.39 is 5.60 Å². The van der Waals surface area contributed by atoms with Gasteiger partial charge in [0.2, 0.25) is 0 Å². The zero-order valence-corrected chi connectivity index (χ0v) is 12.7. The highest BCUT2D eigenvalue weighted by Gasteiger charge is 2.27. The lowest BCUT2D eigenvalue weighted by Gasteiger charge is -2.35. The van der Waals surface area contributed by atoms with Crippen LogP contribution in [0.3, 0.4) is 0 Å². The highest BCUT2D eigenvalue weighted by Crippen LogP contribution is 2.16. The van der Waals surface area contributed by atoms with Crippen LogP contribution in [0, 0.1) is 0 Å². The average Bonchev–Trinajstić information content (AvgIpc) is 2.27. The molecule has 1 saturated heterocycles. The zero-order valence-electron chi connectivity index (χ0n) is 12.7. The molecule has 0 aromatic heterocycles. The molecule has 1 aliphatic rings. The summed E-state index contributed by atoms with van der Waals surface area (Å²) >= 11 is 0. The zero-order chi connectivity index (χ0) is 14.5. The largest absolute Gasteiger partial charge is 0.444 e. The van der Waals surface area contributed by atoms with Gasteiger partial charge in [-0.2, -0.15) is 0 Å². The summed E-state index contributed by atoms with van der Waals surface area (Å²) in [4.78, 5) is 13.8. The van der Waals surface area contributed by atoms with E-state index >= 15 is 0 Å². The van der Waals surface area contributed by atoms with Gasteiger partial charge in [-0.05, 0) is 47.0 Å². The smallest absolute Gasteiger partial charge is 0.410 e. The van der Waals surface area contributed by atoms with Crippen LogP contribution >= 0.6 is 0 Å². The fourth-order valence-corrected chi connectivity index (χ4v) is 2.33. The molecule has 2 unspecified atom stereocenters.